The fourth-order valence-electron chi connectivity index (χ4n) is 2.87. The number of rotatable bonds is 6. The number of carbonyl (C=O) groups excluding carboxylic acids is 1. The molecule has 2 N–H and O–H groups in total. The molecule has 6 heteroatoms. The van der Waals surface area contributed by atoms with Gasteiger partial charge in [0.25, 0.3) is 5.56 Å². The van der Waals surface area contributed by atoms with E-state index >= 15 is 0 Å². The van der Waals surface area contributed by atoms with Crippen LogP contribution in [0.1, 0.15) is 47.6 Å². The van der Waals surface area contributed by atoms with Gasteiger partial charge in [-0.15, -0.1) is 0 Å². The second kappa shape index (κ2) is 7.96. The molecular weight excluding hydrogens is 318 g/mol. The third kappa shape index (κ3) is 4.68. The van der Waals surface area contributed by atoms with Gasteiger partial charge in [-0.05, 0) is 40.2 Å². The summed E-state index contributed by atoms with van der Waals surface area (Å²) in [6, 6.07) is 5.69. The number of benzene rings is 1. The fourth-order valence-corrected chi connectivity index (χ4v) is 2.87. The molecule has 0 spiro atoms. The maximum atomic E-state index is 12.3. The third-order valence-electron chi connectivity index (χ3n) is 4.17. The zero-order valence-electron chi connectivity index (χ0n) is 15.4. The van der Waals surface area contributed by atoms with E-state index in [2.05, 4.69) is 15.3 Å². The number of nitrogens with zero attached hydrogens (tertiary/aromatic N) is 1. The van der Waals surface area contributed by atoms with E-state index in [4.69, 9.17) is 4.74 Å². The lowest BCUT2D eigenvalue weighted by Gasteiger charge is -2.18. The van der Waals surface area contributed by atoms with Gasteiger partial charge in [0.1, 0.15) is 11.6 Å². The van der Waals surface area contributed by atoms with Crippen LogP contribution in [0.4, 0.5) is 0 Å². The fraction of sp³-hybridized carbons (Fsp3) is 0.421. The van der Waals surface area contributed by atoms with Crippen molar-refractivity contribution >= 4 is 5.91 Å². The minimum absolute atomic E-state index is 0.115. The molecule has 6 nitrogen and oxygen atoms in total. The largest absolute Gasteiger partial charge is 0.496 e. The van der Waals surface area contributed by atoms with Crippen LogP contribution in [-0.2, 0) is 11.2 Å². The SMILES string of the molecule is COc1ccc(C)cc1[C@@H](C)NC(=O)CCc1c(C)nc(C)[nH]c1=O. The number of H-pyrrole nitrogens is 1. The van der Waals surface area contributed by atoms with Crippen molar-refractivity contribution in [1.82, 2.24) is 15.3 Å². The summed E-state index contributed by atoms with van der Waals surface area (Å²) in [7, 11) is 1.61. The topological polar surface area (TPSA) is 84.1 Å². The van der Waals surface area contributed by atoms with Gasteiger partial charge in [0.15, 0.2) is 0 Å². The van der Waals surface area contributed by atoms with Crippen molar-refractivity contribution in [3.63, 3.8) is 0 Å². The first-order valence-electron chi connectivity index (χ1n) is 8.32. The van der Waals surface area contributed by atoms with E-state index < -0.39 is 0 Å². The van der Waals surface area contributed by atoms with E-state index in [-0.39, 0.29) is 23.9 Å². The summed E-state index contributed by atoms with van der Waals surface area (Å²) in [4.78, 5) is 31.2. The molecular formula is C19H25N3O3. The van der Waals surface area contributed by atoms with E-state index in [0.717, 1.165) is 16.9 Å². The molecule has 2 aromatic rings. The lowest BCUT2D eigenvalue weighted by Crippen LogP contribution is -2.28. The van der Waals surface area contributed by atoms with Crippen molar-refractivity contribution in [2.24, 2.45) is 0 Å². The Kier molecular flexibility index (Phi) is 5.96. The Morgan fingerprint density at radius 1 is 1.32 bits per heavy atom. The molecule has 0 aliphatic rings. The summed E-state index contributed by atoms with van der Waals surface area (Å²) in [5.74, 6) is 1.21. The van der Waals surface area contributed by atoms with Gasteiger partial charge in [-0.1, -0.05) is 17.7 Å². The van der Waals surface area contributed by atoms with Gasteiger partial charge in [-0.25, -0.2) is 4.98 Å². The van der Waals surface area contributed by atoms with Crippen LogP contribution in [0.2, 0.25) is 0 Å². The molecule has 1 aromatic carbocycles. The molecule has 0 unspecified atom stereocenters. The highest BCUT2D eigenvalue weighted by Crippen LogP contribution is 2.26. The standard InChI is InChI=1S/C19H25N3O3/c1-11-6-8-17(25-5)16(10-11)13(3)21-18(23)9-7-15-12(2)20-14(4)22-19(15)24/h6,8,10,13H,7,9H2,1-5H3,(H,21,23)(H,20,22,24)/t13-/m1/s1. The molecule has 1 aromatic heterocycles. The molecule has 0 saturated heterocycles. The van der Waals surface area contributed by atoms with E-state index in [0.29, 0.717) is 23.5 Å². The second-order valence-corrected chi connectivity index (χ2v) is 6.25. The van der Waals surface area contributed by atoms with Crippen LogP contribution in [0.25, 0.3) is 0 Å². The molecule has 0 aliphatic carbocycles. The van der Waals surface area contributed by atoms with Gasteiger partial charge < -0.3 is 15.0 Å². The summed E-state index contributed by atoms with van der Waals surface area (Å²) in [5, 5.41) is 2.97. The number of aromatic nitrogens is 2. The predicted octanol–water partition coefficient (Wildman–Crippen LogP) is 2.51. The number of ether oxygens (including phenoxy) is 1. The molecule has 1 heterocycles. The zero-order valence-corrected chi connectivity index (χ0v) is 15.4. The van der Waals surface area contributed by atoms with Gasteiger partial charge in [0, 0.05) is 23.2 Å². The summed E-state index contributed by atoms with van der Waals surface area (Å²) in [6.07, 6.45) is 0.588. The minimum atomic E-state index is -0.183. The van der Waals surface area contributed by atoms with Crippen molar-refractivity contribution in [2.45, 2.75) is 46.6 Å². The number of amides is 1. The van der Waals surface area contributed by atoms with Gasteiger partial charge in [-0.3, -0.25) is 9.59 Å². The van der Waals surface area contributed by atoms with Gasteiger partial charge in [0.05, 0.1) is 13.2 Å². The Bertz CT molecular complexity index is 827. The van der Waals surface area contributed by atoms with Crippen LogP contribution < -0.4 is 15.6 Å². The minimum Gasteiger partial charge on any atom is -0.496 e. The molecule has 134 valence electrons. The lowest BCUT2D eigenvalue weighted by molar-refractivity contribution is -0.121. The van der Waals surface area contributed by atoms with Crippen LogP contribution >= 0.6 is 0 Å². The molecule has 0 radical (unpaired) electrons. The smallest absolute Gasteiger partial charge is 0.254 e. The summed E-state index contributed by atoms with van der Waals surface area (Å²) in [5.41, 5.74) is 3.09. The van der Waals surface area contributed by atoms with E-state index in [9.17, 15) is 9.59 Å². The molecule has 0 saturated carbocycles. The highest BCUT2D eigenvalue weighted by atomic mass is 16.5. The highest BCUT2D eigenvalue weighted by Gasteiger charge is 2.15. The Balaban J connectivity index is 2.04. The molecule has 1 amide bonds. The first kappa shape index (κ1) is 18.7. The van der Waals surface area contributed by atoms with E-state index in [1.54, 1.807) is 21.0 Å². The number of methoxy groups -OCH3 is 1. The average Bonchev–Trinajstić information content (AvgIpc) is 2.53. The van der Waals surface area contributed by atoms with E-state index in [1.165, 1.54) is 0 Å². The van der Waals surface area contributed by atoms with Gasteiger partial charge in [-0.2, -0.15) is 0 Å². The summed E-state index contributed by atoms with van der Waals surface area (Å²) in [6.45, 7) is 7.44. The van der Waals surface area contributed by atoms with Crippen LogP contribution in [0.3, 0.4) is 0 Å². The molecule has 0 aliphatic heterocycles. The molecule has 0 bridgehead atoms. The second-order valence-electron chi connectivity index (χ2n) is 6.25. The Labute approximate surface area is 147 Å². The quantitative estimate of drug-likeness (QED) is 0.844. The monoisotopic (exact) mass is 343 g/mol. The van der Waals surface area contributed by atoms with Crippen LogP contribution in [-0.4, -0.2) is 23.0 Å². The maximum absolute atomic E-state index is 12.3. The van der Waals surface area contributed by atoms with Crippen LogP contribution in [0.5, 0.6) is 5.75 Å². The lowest BCUT2D eigenvalue weighted by atomic mass is 10.0. The number of aryl methyl sites for hydroxylation is 3. The molecule has 25 heavy (non-hydrogen) atoms. The number of hydrogen-bond acceptors (Lipinski definition) is 4. The number of aromatic amines is 1. The molecule has 2 rings (SSSR count). The Morgan fingerprint density at radius 3 is 2.68 bits per heavy atom. The third-order valence-corrected chi connectivity index (χ3v) is 4.17. The maximum Gasteiger partial charge on any atom is 0.254 e. The first-order valence-corrected chi connectivity index (χ1v) is 8.32. The number of hydrogen-bond donors (Lipinski definition) is 2. The predicted molar refractivity (Wildman–Crippen MR) is 96.9 cm³/mol. The molecule has 0 fully saturated rings. The average molecular weight is 343 g/mol. The van der Waals surface area contributed by atoms with Crippen molar-refractivity contribution in [1.29, 1.82) is 0 Å². The zero-order chi connectivity index (χ0) is 18.6. The summed E-state index contributed by atoms with van der Waals surface area (Å²) < 4.78 is 5.37. The number of carbonyl (C=O) groups is 1. The molecule has 1 atom stereocenters. The Hall–Kier alpha value is -2.63. The van der Waals surface area contributed by atoms with Gasteiger partial charge >= 0.3 is 0 Å². The first-order chi connectivity index (χ1) is 11.8. The van der Waals surface area contributed by atoms with Crippen molar-refractivity contribution < 1.29 is 9.53 Å². The van der Waals surface area contributed by atoms with Crippen molar-refractivity contribution in [2.75, 3.05) is 7.11 Å². The van der Waals surface area contributed by atoms with Crippen molar-refractivity contribution in [3.05, 3.63) is 56.8 Å². The highest BCUT2D eigenvalue weighted by molar-refractivity contribution is 5.76. The Morgan fingerprint density at radius 2 is 2.04 bits per heavy atom. The van der Waals surface area contributed by atoms with Crippen molar-refractivity contribution in [3.8, 4) is 5.75 Å². The van der Waals surface area contributed by atoms with Crippen LogP contribution in [0, 0.1) is 20.8 Å². The summed E-state index contributed by atoms with van der Waals surface area (Å²) >= 11 is 0. The normalized spacial score (nSPS) is 11.9. The van der Waals surface area contributed by atoms with E-state index in [1.807, 2.05) is 32.0 Å². The van der Waals surface area contributed by atoms with Crippen LogP contribution in [0.15, 0.2) is 23.0 Å². The number of nitrogens with one attached hydrogen (secondary N) is 2. The van der Waals surface area contributed by atoms with Gasteiger partial charge in [0.2, 0.25) is 5.91 Å².